The molecule has 6 atom stereocenters. The standard InChI is InChI=1S/C18H28O7/c1-4-18(3)7-5-6-10(2)11(18)8-13(20)25-17-16(23)15(22)14(21)12(9-19)24-17/h4,12,14-17,19,21-23H,1,5-9H2,2-3H3/t12?,14-,15?,16?,17+,18?/m0/s1. The van der Waals surface area contributed by atoms with Crippen LogP contribution in [0.25, 0.3) is 0 Å². The number of aliphatic hydroxyl groups is 4. The Balaban J connectivity index is 2.07. The van der Waals surface area contributed by atoms with Crippen LogP contribution in [-0.4, -0.2) is 63.7 Å². The molecular weight excluding hydrogens is 328 g/mol. The van der Waals surface area contributed by atoms with Crippen molar-refractivity contribution in [3.63, 3.8) is 0 Å². The average Bonchev–Trinajstić information content (AvgIpc) is 2.59. The highest BCUT2D eigenvalue weighted by molar-refractivity contribution is 5.73. The third kappa shape index (κ3) is 4.12. The zero-order chi connectivity index (χ0) is 18.8. The molecule has 2 aliphatic rings. The first-order chi connectivity index (χ1) is 11.7. The number of hydrogen-bond acceptors (Lipinski definition) is 7. The Kier molecular flexibility index (Phi) is 6.40. The van der Waals surface area contributed by atoms with E-state index in [1.807, 2.05) is 19.9 Å². The van der Waals surface area contributed by atoms with Crippen LogP contribution in [0.4, 0.5) is 0 Å². The summed E-state index contributed by atoms with van der Waals surface area (Å²) in [7, 11) is 0. The van der Waals surface area contributed by atoms with Crippen LogP contribution in [0.2, 0.25) is 0 Å². The number of carbonyl (C=O) groups is 1. The highest BCUT2D eigenvalue weighted by Gasteiger charge is 2.45. The Morgan fingerprint density at radius 3 is 2.64 bits per heavy atom. The van der Waals surface area contributed by atoms with Crippen LogP contribution in [0.3, 0.4) is 0 Å². The average molecular weight is 356 g/mol. The molecule has 0 bridgehead atoms. The number of rotatable bonds is 5. The molecule has 0 saturated carbocycles. The lowest BCUT2D eigenvalue weighted by molar-refractivity contribution is -0.292. The lowest BCUT2D eigenvalue weighted by Crippen LogP contribution is -2.59. The van der Waals surface area contributed by atoms with Gasteiger partial charge in [0.1, 0.15) is 24.4 Å². The number of esters is 1. The van der Waals surface area contributed by atoms with E-state index < -0.39 is 43.3 Å². The van der Waals surface area contributed by atoms with E-state index in [9.17, 15) is 25.2 Å². The molecule has 0 aromatic rings. The molecule has 0 radical (unpaired) electrons. The summed E-state index contributed by atoms with van der Waals surface area (Å²) in [5, 5.41) is 38.6. The quantitative estimate of drug-likeness (QED) is 0.416. The lowest BCUT2D eigenvalue weighted by Gasteiger charge is -2.39. The van der Waals surface area contributed by atoms with Gasteiger partial charge >= 0.3 is 5.97 Å². The molecule has 0 amide bonds. The first-order valence-corrected chi connectivity index (χ1v) is 8.56. The molecule has 0 spiro atoms. The van der Waals surface area contributed by atoms with E-state index in [1.54, 1.807) is 0 Å². The molecule has 1 heterocycles. The predicted octanol–water partition coefficient (Wildman–Crippen LogP) is 0.412. The van der Waals surface area contributed by atoms with E-state index in [0.717, 1.165) is 30.4 Å². The Labute approximate surface area is 147 Å². The van der Waals surface area contributed by atoms with Crippen molar-refractivity contribution < 1.29 is 34.7 Å². The summed E-state index contributed by atoms with van der Waals surface area (Å²) in [6.07, 6.45) is -2.49. The largest absolute Gasteiger partial charge is 0.432 e. The fraction of sp³-hybridized carbons (Fsp3) is 0.722. The predicted molar refractivity (Wildman–Crippen MR) is 89.3 cm³/mol. The van der Waals surface area contributed by atoms with Gasteiger partial charge in [-0.05, 0) is 26.2 Å². The minimum atomic E-state index is -1.59. The van der Waals surface area contributed by atoms with Gasteiger partial charge in [-0.15, -0.1) is 6.58 Å². The number of aliphatic hydroxyl groups excluding tert-OH is 4. The molecule has 25 heavy (non-hydrogen) atoms. The second kappa shape index (κ2) is 7.97. The van der Waals surface area contributed by atoms with Crippen LogP contribution < -0.4 is 0 Å². The van der Waals surface area contributed by atoms with Crippen LogP contribution in [0, 0.1) is 5.41 Å². The minimum absolute atomic E-state index is 0.0311. The van der Waals surface area contributed by atoms with Crippen molar-refractivity contribution in [2.75, 3.05) is 6.61 Å². The molecule has 7 nitrogen and oxygen atoms in total. The first-order valence-electron chi connectivity index (χ1n) is 8.56. The molecule has 4 N–H and O–H groups in total. The van der Waals surface area contributed by atoms with Crippen molar-refractivity contribution in [2.45, 2.75) is 70.2 Å². The molecular formula is C18H28O7. The smallest absolute Gasteiger partial charge is 0.312 e. The topological polar surface area (TPSA) is 116 Å². The summed E-state index contributed by atoms with van der Waals surface area (Å²) in [4.78, 5) is 12.4. The Hall–Kier alpha value is -1.25. The van der Waals surface area contributed by atoms with Gasteiger partial charge in [0.15, 0.2) is 0 Å². The summed E-state index contributed by atoms with van der Waals surface area (Å²) >= 11 is 0. The Morgan fingerprint density at radius 1 is 1.36 bits per heavy atom. The van der Waals surface area contributed by atoms with Crippen molar-refractivity contribution in [3.05, 3.63) is 23.8 Å². The second-order valence-electron chi connectivity index (χ2n) is 7.10. The highest BCUT2D eigenvalue weighted by atomic mass is 16.7. The zero-order valence-electron chi connectivity index (χ0n) is 14.7. The van der Waals surface area contributed by atoms with E-state index in [2.05, 4.69) is 6.58 Å². The zero-order valence-corrected chi connectivity index (χ0v) is 14.7. The summed E-state index contributed by atoms with van der Waals surface area (Å²) in [6.45, 7) is 7.31. The Morgan fingerprint density at radius 2 is 2.04 bits per heavy atom. The minimum Gasteiger partial charge on any atom is -0.432 e. The molecule has 1 aliphatic heterocycles. The van der Waals surface area contributed by atoms with Crippen LogP contribution in [0.5, 0.6) is 0 Å². The van der Waals surface area contributed by atoms with Gasteiger partial charge < -0.3 is 29.9 Å². The molecule has 1 aliphatic carbocycles. The number of allylic oxidation sites excluding steroid dienone is 2. The molecule has 1 fully saturated rings. The Bertz CT molecular complexity index is 542. The molecule has 1 saturated heterocycles. The van der Waals surface area contributed by atoms with Crippen LogP contribution in [0.15, 0.2) is 23.8 Å². The third-order valence-electron chi connectivity index (χ3n) is 5.32. The normalized spacial score (nSPS) is 39.2. The van der Waals surface area contributed by atoms with Crippen LogP contribution >= 0.6 is 0 Å². The number of hydrogen-bond donors (Lipinski definition) is 4. The molecule has 2 rings (SSSR count). The van der Waals surface area contributed by atoms with Gasteiger partial charge in [0.05, 0.1) is 13.0 Å². The molecule has 4 unspecified atom stereocenters. The van der Waals surface area contributed by atoms with Gasteiger partial charge in [0.2, 0.25) is 6.29 Å². The number of carbonyl (C=O) groups excluding carboxylic acids is 1. The van der Waals surface area contributed by atoms with E-state index in [0.29, 0.717) is 0 Å². The molecule has 142 valence electrons. The van der Waals surface area contributed by atoms with E-state index >= 15 is 0 Å². The van der Waals surface area contributed by atoms with E-state index in [4.69, 9.17) is 9.47 Å². The SMILES string of the molecule is C=CC1(C)CCCC(C)=C1CC(=O)O[C@H]1OC(CO)[C@H](O)C(O)C1O. The van der Waals surface area contributed by atoms with Crippen LogP contribution in [-0.2, 0) is 14.3 Å². The van der Waals surface area contributed by atoms with Gasteiger partial charge in [0.25, 0.3) is 0 Å². The lowest BCUT2D eigenvalue weighted by atomic mass is 9.70. The van der Waals surface area contributed by atoms with Gasteiger partial charge in [0, 0.05) is 5.41 Å². The first kappa shape index (κ1) is 20.1. The highest BCUT2D eigenvalue weighted by Crippen LogP contribution is 2.43. The van der Waals surface area contributed by atoms with E-state index in [-0.39, 0.29) is 11.8 Å². The number of ether oxygens (including phenoxy) is 2. The monoisotopic (exact) mass is 356 g/mol. The molecule has 7 heteroatoms. The summed E-state index contributed by atoms with van der Waals surface area (Å²) < 4.78 is 10.4. The van der Waals surface area contributed by atoms with Crippen molar-refractivity contribution in [3.8, 4) is 0 Å². The maximum Gasteiger partial charge on any atom is 0.312 e. The fourth-order valence-corrected chi connectivity index (χ4v) is 3.57. The fourth-order valence-electron chi connectivity index (χ4n) is 3.57. The maximum absolute atomic E-state index is 12.4. The maximum atomic E-state index is 12.4. The van der Waals surface area contributed by atoms with Gasteiger partial charge in [-0.25, -0.2) is 0 Å². The van der Waals surface area contributed by atoms with Crippen molar-refractivity contribution in [1.82, 2.24) is 0 Å². The summed E-state index contributed by atoms with van der Waals surface area (Å²) in [5.41, 5.74) is 1.79. The second-order valence-corrected chi connectivity index (χ2v) is 7.10. The van der Waals surface area contributed by atoms with Crippen molar-refractivity contribution in [1.29, 1.82) is 0 Å². The van der Waals surface area contributed by atoms with Gasteiger partial charge in [-0.3, -0.25) is 4.79 Å². The molecule has 0 aromatic carbocycles. The third-order valence-corrected chi connectivity index (χ3v) is 5.32. The van der Waals surface area contributed by atoms with Crippen LogP contribution in [0.1, 0.15) is 39.5 Å². The van der Waals surface area contributed by atoms with E-state index in [1.165, 1.54) is 0 Å². The summed E-state index contributed by atoms with van der Waals surface area (Å²) in [5.74, 6) is -0.603. The van der Waals surface area contributed by atoms with Gasteiger partial charge in [-0.2, -0.15) is 0 Å². The van der Waals surface area contributed by atoms with Crippen molar-refractivity contribution >= 4 is 5.97 Å². The molecule has 0 aromatic heterocycles. The van der Waals surface area contributed by atoms with Gasteiger partial charge in [-0.1, -0.05) is 24.1 Å². The summed E-state index contributed by atoms with van der Waals surface area (Å²) in [6, 6.07) is 0. The van der Waals surface area contributed by atoms with Crippen molar-refractivity contribution in [2.24, 2.45) is 5.41 Å².